The van der Waals surface area contributed by atoms with Gasteiger partial charge in [0.2, 0.25) is 5.91 Å². The van der Waals surface area contributed by atoms with Crippen LogP contribution in [0.15, 0.2) is 78.3 Å². The van der Waals surface area contributed by atoms with Crippen molar-refractivity contribution < 1.29 is 19.1 Å². The summed E-state index contributed by atoms with van der Waals surface area (Å²) in [7, 11) is 1.53. The van der Waals surface area contributed by atoms with Gasteiger partial charge in [0.15, 0.2) is 11.6 Å². The van der Waals surface area contributed by atoms with Crippen LogP contribution in [0.1, 0.15) is 26.7 Å². The second-order valence-corrected chi connectivity index (χ2v) is 9.94. The van der Waals surface area contributed by atoms with Gasteiger partial charge in [-0.3, -0.25) is 19.3 Å². The Labute approximate surface area is 200 Å². The first kappa shape index (κ1) is 21.1. The van der Waals surface area contributed by atoms with Gasteiger partial charge in [0, 0.05) is 47.1 Å². The van der Waals surface area contributed by atoms with E-state index in [0.717, 1.165) is 4.88 Å². The van der Waals surface area contributed by atoms with Crippen LogP contribution in [-0.4, -0.2) is 36.3 Å². The zero-order chi connectivity index (χ0) is 23.4. The van der Waals surface area contributed by atoms with Crippen molar-refractivity contribution in [3.63, 3.8) is 0 Å². The van der Waals surface area contributed by atoms with Crippen LogP contribution in [0.2, 0.25) is 0 Å². The average molecular weight is 471 g/mol. The van der Waals surface area contributed by atoms with Crippen LogP contribution in [0, 0.1) is 17.8 Å². The van der Waals surface area contributed by atoms with E-state index in [-0.39, 0.29) is 30.1 Å². The molecule has 1 saturated carbocycles. The molecule has 1 aromatic carbocycles. The summed E-state index contributed by atoms with van der Waals surface area (Å²) in [6.45, 7) is 0.0210. The first-order valence-corrected chi connectivity index (χ1v) is 12.1. The van der Waals surface area contributed by atoms with Gasteiger partial charge in [-0.05, 0) is 29.5 Å². The van der Waals surface area contributed by atoms with Crippen LogP contribution in [0.25, 0.3) is 0 Å². The number of ketones is 2. The number of aromatic nitrogens is 1. The number of methoxy groups -OCH3 is 1. The van der Waals surface area contributed by atoms with E-state index in [1.165, 1.54) is 23.3 Å². The van der Waals surface area contributed by atoms with Crippen molar-refractivity contribution in [2.45, 2.75) is 11.3 Å². The molecule has 7 heteroatoms. The van der Waals surface area contributed by atoms with Gasteiger partial charge in [0.25, 0.3) is 0 Å². The molecule has 2 aliphatic carbocycles. The number of ether oxygens (including phenoxy) is 1. The molecule has 2 aromatic heterocycles. The maximum absolute atomic E-state index is 14.5. The Balaban J connectivity index is 1.67. The van der Waals surface area contributed by atoms with Crippen molar-refractivity contribution >= 4 is 34.6 Å². The number of thiophene rings is 1. The summed E-state index contributed by atoms with van der Waals surface area (Å²) >= 11 is 1.52. The molecule has 1 aliphatic heterocycles. The fraction of sp³-hybridized carbons (Fsp3) is 0.259. The number of hydrogen-bond acceptors (Lipinski definition) is 6. The number of amides is 1. The second-order valence-electron chi connectivity index (χ2n) is 8.96. The van der Waals surface area contributed by atoms with Gasteiger partial charge in [0.05, 0.1) is 5.41 Å². The average Bonchev–Trinajstić information content (AvgIpc) is 3.62. The van der Waals surface area contributed by atoms with Crippen molar-refractivity contribution in [2.75, 3.05) is 18.7 Å². The largest absolute Gasteiger partial charge is 0.364 e. The lowest BCUT2D eigenvalue weighted by molar-refractivity contribution is -0.126. The fourth-order valence-corrected chi connectivity index (χ4v) is 7.31. The monoisotopic (exact) mass is 470 g/mol. The van der Waals surface area contributed by atoms with E-state index in [1.807, 2.05) is 47.9 Å². The zero-order valence-electron chi connectivity index (χ0n) is 18.5. The van der Waals surface area contributed by atoms with Gasteiger partial charge in [-0.15, -0.1) is 11.3 Å². The van der Waals surface area contributed by atoms with Crippen LogP contribution < -0.4 is 4.90 Å². The summed E-state index contributed by atoms with van der Waals surface area (Å²) in [5.41, 5.74) is -0.0238. The SMILES string of the molecule is COCN1C(=O)[C@@]2(c3cccnc31)[C@H](c1cccs1)[C@H]1C(=O)C=C[C@H]1[C@@H]2C(=O)c1ccccc1. The number of pyridine rings is 1. The Morgan fingerprint density at radius 2 is 1.94 bits per heavy atom. The highest BCUT2D eigenvalue weighted by atomic mass is 32.1. The number of nitrogens with zero attached hydrogens (tertiary/aromatic N) is 2. The minimum atomic E-state index is -1.25. The number of hydrogen-bond donors (Lipinski definition) is 0. The Morgan fingerprint density at radius 1 is 1.12 bits per heavy atom. The molecular formula is C27H22N2O4S. The Kier molecular flexibility index (Phi) is 4.86. The van der Waals surface area contributed by atoms with Crippen molar-refractivity contribution in [3.05, 3.63) is 94.3 Å². The Morgan fingerprint density at radius 3 is 2.68 bits per heavy atom. The van der Waals surface area contributed by atoms with Crippen molar-refractivity contribution in [1.82, 2.24) is 4.98 Å². The summed E-state index contributed by atoms with van der Waals surface area (Å²) in [5, 5.41) is 1.95. The number of anilines is 1. The molecular weight excluding hydrogens is 448 g/mol. The first-order chi connectivity index (χ1) is 16.6. The van der Waals surface area contributed by atoms with Gasteiger partial charge in [-0.2, -0.15) is 0 Å². The molecule has 3 aliphatic rings. The molecule has 1 fully saturated rings. The molecule has 0 saturated heterocycles. The number of carbonyl (C=O) groups excluding carboxylic acids is 3. The van der Waals surface area contributed by atoms with Crippen LogP contribution in [-0.2, 0) is 19.7 Å². The van der Waals surface area contributed by atoms with E-state index in [9.17, 15) is 14.4 Å². The molecule has 1 spiro atoms. The number of Topliss-reactive ketones (excluding diaryl/α,β-unsaturated/α-hetero) is 1. The lowest BCUT2D eigenvalue weighted by Crippen LogP contribution is -2.50. The number of carbonyl (C=O) groups is 3. The number of benzene rings is 1. The molecule has 0 N–H and O–H groups in total. The van der Waals surface area contributed by atoms with E-state index in [4.69, 9.17) is 4.74 Å². The molecule has 6 rings (SSSR count). The van der Waals surface area contributed by atoms with Crippen LogP contribution >= 0.6 is 11.3 Å². The van der Waals surface area contributed by atoms with Crippen LogP contribution in [0.5, 0.6) is 0 Å². The Hall–Kier alpha value is -3.42. The molecule has 0 radical (unpaired) electrons. The number of rotatable bonds is 5. The maximum Gasteiger partial charge on any atom is 0.242 e. The predicted octanol–water partition coefficient (Wildman–Crippen LogP) is 4.00. The number of allylic oxidation sites excluding steroid dienone is 2. The van der Waals surface area contributed by atoms with E-state index in [0.29, 0.717) is 16.9 Å². The lowest BCUT2D eigenvalue weighted by Gasteiger charge is -2.36. The summed E-state index contributed by atoms with van der Waals surface area (Å²) in [4.78, 5) is 49.0. The first-order valence-electron chi connectivity index (χ1n) is 11.2. The smallest absolute Gasteiger partial charge is 0.242 e. The van der Waals surface area contributed by atoms with Gasteiger partial charge in [0.1, 0.15) is 12.5 Å². The van der Waals surface area contributed by atoms with Gasteiger partial charge < -0.3 is 4.74 Å². The highest BCUT2D eigenvalue weighted by molar-refractivity contribution is 7.10. The van der Waals surface area contributed by atoms with Crippen LogP contribution in [0.4, 0.5) is 5.82 Å². The summed E-state index contributed by atoms with van der Waals surface area (Å²) < 4.78 is 5.38. The van der Waals surface area contributed by atoms with Crippen LogP contribution in [0.3, 0.4) is 0 Å². The van der Waals surface area contributed by atoms with E-state index in [2.05, 4.69) is 4.98 Å². The molecule has 1 amide bonds. The van der Waals surface area contributed by atoms with Gasteiger partial charge in [-0.1, -0.05) is 48.5 Å². The standard InChI is InChI=1S/C27H22N2O4S/c1-33-15-29-25-18(9-5-13-28-25)27(26(29)32)22(24(31)16-7-3-2-4-8-16)17-11-12-19(30)21(17)23(27)20-10-6-14-34-20/h2-14,17,21-23H,15H2,1H3/t17-,21-,22-,23-,27-/m1/s1. The van der Waals surface area contributed by atoms with Crippen molar-refractivity contribution in [2.24, 2.45) is 17.8 Å². The summed E-state index contributed by atoms with van der Waals surface area (Å²) in [6.07, 6.45) is 5.07. The normalized spacial score (nSPS) is 29.1. The zero-order valence-corrected chi connectivity index (χ0v) is 19.3. The van der Waals surface area contributed by atoms with E-state index in [1.54, 1.807) is 30.5 Å². The molecule has 0 unspecified atom stereocenters. The van der Waals surface area contributed by atoms with Crippen molar-refractivity contribution in [1.29, 1.82) is 0 Å². The summed E-state index contributed by atoms with van der Waals surface area (Å²) in [5.74, 6) is -1.99. The van der Waals surface area contributed by atoms with Gasteiger partial charge in [-0.25, -0.2) is 4.98 Å². The molecule has 0 bridgehead atoms. The lowest BCUT2D eigenvalue weighted by atomic mass is 9.64. The third kappa shape index (κ3) is 2.65. The van der Waals surface area contributed by atoms with E-state index >= 15 is 0 Å². The summed E-state index contributed by atoms with van der Waals surface area (Å²) in [6, 6.07) is 16.6. The number of fused-ring (bicyclic) bond motifs is 3. The molecule has 3 aromatic rings. The quantitative estimate of drug-likeness (QED) is 0.527. The topological polar surface area (TPSA) is 76.6 Å². The van der Waals surface area contributed by atoms with E-state index < -0.39 is 23.2 Å². The third-order valence-electron chi connectivity index (χ3n) is 7.49. The Bertz CT molecular complexity index is 1320. The second kappa shape index (κ2) is 7.82. The molecule has 3 heterocycles. The molecule has 170 valence electrons. The molecule has 34 heavy (non-hydrogen) atoms. The van der Waals surface area contributed by atoms with Crippen molar-refractivity contribution in [3.8, 4) is 0 Å². The fourth-order valence-electron chi connectivity index (χ4n) is 6.36. The predicted molar refractivity (Wildman–Crippen MR) is 128 cm³/mol. The minimum Gasteiger partial charge on any atom is -0.364 e. The minimum absolute atomic E-state index is 0.0210. The van der Waals surface area contributed by atoms with Gasteiger partial charge >= 0.3 is 0 Å². The highest BCUT2D eigenvalue weighted by Crippen LogP contribution is 2.67. The molecule has 5 atom stereocenters. The highest BCUT2D eigenvalue weighted by Gasteiger charge is 2.72. The molecule has 6 nitrogen and oxygen atoms in total. The third-order valence-corrected chi connectivity index (χ3v) is 8.44. The maximum atomic E-state index is 14.5.